The summed E-state index contributed by atoms with van der Waals surface area (Å²) in [6, 6.07) is 32.9. The van der Waals surface area contributed by atoms with Crippen LogP contribution < -0.4 is 95.4 Å². The van der Waals surface area contributed by atoms with Crippen LogP contribution in [0.1, 0.15) is 152 Å². The van der Waals surface area contributed by atoms with Gasteiger partial charge in [0.1, 0.15) is 0 Å². The van der Waals surface area contributed by atoms with Crippen molar-refractivity contribution in [1.29, 1.82) is 0 Å². The van der Waals surface area contributed by atoms with Crippen LogP contribution >= 0.6 is 0 Å². The average Bonchev–Trinajstić information content (AvgIpc) is 4.15. The molecule has 0 amide bonds. The average molecular weight is 837 g/mol. The maximum Gasteiger partial charge on any atom is 1.00 e. The molecule has 64 heavy (non-hydrogen) atoms. The minimum Gasteiger partial charge on any atom is -0.663 e. The fourth-order valence-corrected chi connectivity index (χ4v) is 8.91. The van der Waals surface area contributed by atoms with E-state index in [1.54, 1.807) is 50.1 Å². The van der Waals surface area contributed by atoms with E-state index in [9.17, 15) is 0 Å². The Morgan fingerprint density at radius 1 is 0.266 bits per heavy atom. The molecule has 12 heteroatoms. The van der Waals surface area contributed by atoms with Crippen molar-refractivity contribution in [3.63, 3.8) is 0 Å². The largest absolute Gasteiger partial charge is 1.00 e. The van der Waals surface area contributed by atoms with Crippen LogP contribution in [0.5, 0.6) is 0 Å². The zero-order valence-corrected chi connectivity index (χ0v) is 40.9. The third kappa shape index (κ3) is 12.5. The SMILES string of the molecule is CCC1(CC)c2ccc([n-]2)C(CC)(CC)c2ccc([n-]2)C(CC)(CC)c2ccc([n-]2)C(CC)(CC)c2ccc1[n-]2.[Li+].[Li+].[Li+].[Li+].c1ccoc1.c1ccoc1.c1ccoc1.c1ccoc1. The van der Waals surface area contributed by atoms with Crippen LogP contribution in [0.15, 0.2) is 165 Å². The number of nitrogens with zero attached hydrogens (tertiary/aromatic N) is 4. The summed E-state index contributed by atoms with van der Waals surface area (Å²) in [6.45, 7) is 18.3. The van der Waals surface area contributed by atoms with Gasteiger partial charge in [-0.25, -0.2) is 0 Å². The van der Waals surface area contributed by atoms with Crippen LogP contribution in [0.3, 0.4) is 0 Å². The molecule has 0 aromatic carbocycles. The second-order valence-corrected chi connectivity index (χ2v) is 15.2. The van der Waals surface area contributed by atoms with Crippen LogP contribution in [0.4, 0.5) is 0 Å². The number of hydrogen-bond acceptors (Lipinski definition) is 4. The fraction of sp³-hybridized carbons (Fsp3) is 0.385. The zero-order chi connectivity index (χ0) is 42.9. The molecule has 0 saturated carbocycles. The van der Waals surface area contributed by atoms with E-state index >= 15 is 0 Å². The molecule has 8 bridgehead atoms. The van der Waals surface area contributed by atoms with Crippen LogP contribution in [0, 0.1) is 0 Å². The van der Waals surface area contributed by atoms with Gasteiger partial charge in [0.25, 0.3) is 0 Å². The molecule has 9 rings (SSSR count). The van der Waals surface area contributed by atoms with Crippen molar-refractivity contribution in [3.8, 4) is 0 Å². The van der Waals surface area contributed by atoms with Crippen molar-refractivity contribution < 1.29 is 93.1 Å². The molecule has 0 unspecified atom stereocenters. The Kier molecular flexibility index (Phi) is 26.2. The third-order valence-corrected chi connectivity index (χ3v) is 13.0. The van der Waals surface area contributed by atoms with Crippen molar-refractivity contribution in [2.75, 3.05) is 0 Å². The van der Waals surface area contributed by atoms with Crippen LogP contribution in [0.2, 0.25) is 0 Å². The number of hydrogen-bond donors (Lipinski definition) is 0. The predicted octanol–water partition coefficient (Wildman–Crippen LogP) is 1.39. The van der Waals surface area contributed by atoms with E-state index < -0.39 is 0 Å². The molecular formula is C52H64Li4N4O4. The summed E-state index contributed by atoms with van der Waals surface area (Å²) in [5.41, 5.74) is 8.28. The molecule has 8 nitrogen and oxygen atoms in total. The summed E-state index contributed by atoms with van der Waals surface area (Å²) in [4.78, 5) is 21.9. The zero-order valence-electron chi connectivity index (χ0n) is 40.9. The second kappa shape index (κ2) is 28.6. The summed E-state index contributed by atoms with van der Waals surface area (Å²) < 4.78 is 18.3. The Labute approximate surface area is 430 Å². The van der Waals surface area contributed by atoms with Gasteiger partial charge < -0.3 is 37.6 Å². The molecule has 0 radical (unpaired) electrons. The first-order valence-corrected chi connectivity index (χ1v) is 21.8. The normalized spacial score (nSPS) is 14.1. The first kappa shape index (κ1) is 58.6. The first-order valence-electron chi connectivity index (χ1n) is 21.8. The van der Waals surface area contributed by atoms with E-state index in [0.717, 1.165) is 96.9 Å². The number of rotatable bonds is 8. The van der Waals surface area contributed by atoms with Gasteiger partial charge in [0.05, 0.1) is 50.1 Å². The molecule has 8 aromatic heterocycles. The molecule has 1 aliphatic heterocycles. The molecule has 0 atom stereocenters. The number of aromatic nitrogens is 4. The van der Waals surface area contributed by atoms with E-state index in [4.69, 9.17) is 19.9 Å². The second-order valence-electron chi connectivity index (χ2n) is 15.2. The molecule has 8 aromatic rings. The Bertz CT molecular complexity index is 1780. The maximum atomic E-state index is 5.47. The number of furan rings is 4. The smallest absolute Gasteiger partial charge is 0.663 e. The molecule has 0 saturated heterocycles. The Hall–Kier alpha value is -3.37. The molecule has 1 aliphatic rings. The summed E-state index contributed by atoms with van der Waals surface area (Å²) in [7, 11) is 0. The van der Waals surface area contributed by atoms with E-state index in [1.165, 1.54) is 0 Å². The molecule has 0 spiro atoms. The summed E-state index contributed by atoms with van der Waals surface area (Å²) in [5, 5.41) is 0. The summed E-state index contributed by atoms with van der Waals surface area (Å²) in [5.74, 6) is 0. The standard InChI is InChI=1S/C36H48N4.4C4H4O.4Li/c1-9-33(10-2)25-17-19-27(37-25)34(11-3,12-4)29-21-23-31(39-29)36(15-7,16-8)32-24-22-30(40-32)35(13-5,14-6)28-20-18-26(33)38-28;4*1-2-4-5-3-1;;;;/h17-24H,9-16H2,1-8H3;4*1-4H;;;;/q-4;;;;;4*+1. The minimum atomic E-state index is -0.219. The maximum absolute atomic E-state index is 5.47. The first-order chi connectivity index (χ1) is 29.3. The molecule has 0 N–H and O–H groups in total. The Morgan fingerprint density at radius 2 is 0.391 bits per heavy atom. The third-order valence-electron chi connectivity index (χ3n) is 13.0. The van der Waals surface area contributed by atoms with Gasteiger partial charge in [-0.1, -0.05) is 104 Å². The quantitative estimate of drug-likeness (QED) is 0.212. The van der Waals surface area contributed by atoms with E-state index in [-0.39, 0.29) is 97.1 Å². The fourth-order valence-electron chi connectivity index (χ4n) is 8.91. The molecule has 9 heterocycles. The summed E-state index contributed by atoms with van der Waals surface area (Å²) >= 11 is 0. The summed E-state index contributed by atoms with van der Waals surface area (Å²) in [6.07, 6.45) is 20.7. The Balaban J connectivity index is 0.000000695. The molecule has 0 fully saturated rings. The van der Waals surface area contributed by atoms with E-state index in [2.05, 4.69) is 122 Å². The van der Waals surface area contributed by atoms with Gasteiger partial charge >= 0.3 is 75.4 Å². The van der Waals surface area contributed by atoms with Gasteiger partial charge in [-0.05, 0) is 122 Å². The van der Waals surface area contributed by atoms with E-state index in [0.29, 0.717) is 0 Å². The van der Waals surface area contributed by atoms with E-state index in [1.807, 2.05) is 48.5 Å². The monoisotopic (exact) mass is 837 g/mol. The topological polar surface area (TPSA) is 109 Å². The van der Waals surface area contributed by atoms with Crippen molar-refractivity contribution in [1.82, 2.24) is 19.9 Å². The van der Waals surface area contributed by atoms with Gasteiger partial charge in [0, 0.05) is 0 Å². The molecule has 320 valence electrons. The van der Waals surface area contributed by atoms with Crippen LogP contribution in [0.25, 0.3) is 0 Å². The minimum absolute atomic E-state index is 0. The van der Waals surface area contributed by atoms with Crippen LogP contribution in [-0.4, -0.2) is 0 Å². The van der Waals surface area contributed by atoms with Crippen molar-refractivity contribution in [3.05, 3.63) is 193 Å². The van der Waals surface area contributed by atoms with Crippen molar-refractivity contribution >= 4 is 0 Å². The van der Waals surface area contributed by atoms with Gasteiger partial charge in [0.2, 0.25) is 0 Å². The predicted molar refractivity (Wildman–Crippen MR) is 239 cm³/mol. The number of fused-ring (bicyclic) bond motifs is 8. The molecule has 0 aliphatic carbocycles. The van der Waals surface area contributed by atoms with Gasteiger partial charge in [-0.3, -0.25) is 0 Å². The Morgan fingerprint density at radius 3 is 0.469 bits per heavy atom. The molecular weight excluding hydrogens is 772 g/mol. The van der Waals surface area contributed by atoms with Gasteiger partial charge in [-0.2, -0.15) is 45.6 Å². The van der Waals surface area contributed by atoms with Gasteiger partial charge in [-0.15, -0.1) is 0 Å². The van der Waals surface area contributed by atoms with Crippen LogP contribution in [-0.2, 0) is 21.7 Å². The van der Waals surface area contributed by atoms with Gasteiger partial charge in [0.15, 0.2) is 0 Å². The van der Waals surface area contributed by atoms with Crippen molar-refractivity contribution in [2.45, 2.75) is 128 Å². The van der Waals surface area contributed by atoms with Crippen molar-refractivity contribution in [2.24, 2.45) is 0 Å².